The Hall–Kier alpha value is -2.50. The first-order valence-corrected chi connectivity index (χ1v) is 11.8. The summed E-state index contributed by atoms with van der Waals surface area (Å²) in [6, 6.07) is 14.0. The third-order valence-electron chi connectivity index (χ3n) is 6.68. The third-order valence-corrected chi connectivity index (χ3v) is 7.01. The van der Waals surface area contributed by atoms with E-state index in [-0.39, 0.29) is 11.5 Å². The van der Waals surface area contributed by atoms with Crippen LogP contribution in [-0.4, -0.2) is 41.0 Å². The fraction of sp³-hybridized carbons (Fsp3) is 0.423. The molecule has 0 bridgehead atoms. The molecule has 6 heteroatoms. The largest absolute Gasteiger partial charge is 0.487 e. The zero-order chi connectivity index (χ0) is 22.3. The number of halogens is 1. The van der Waals surface area contributed by atoms with E-state index in [1.54, 1.807) is 0 Å². The number of benzene rings is 2. The second-order valence-electron chi connectivity index (χ2n) is 9.76. The number of hydrogen-bond donors (Lipinski definition) is 2. The van der Waals surface area contributed by atoms with Crippen LogP contribution in [0.1, 0.15) is 48.3 Å². The lowest BCUT2D eigenvalue weighted by Crippen LogP contribution is -2.38. The number of aromatic amines is 1. The molecule has 0 unspecified atom stereocenters. The Labute approximate surface area is 194 Å². The second kappa shape index (κ2) is 8.45. The molecule has 1 saturated heterocycles. The maximum absolute atomic E-state index is 12.6. The van der Waals surface area contributed by atoms with Crippen LogP contribution in [0.4, 0.5) is 0 Å². The average molecular weight is 452 g/mol. The quantitative estimate of drug-likeness (QED) is 0.562. The van der Waals surface area contributed by atoms with Gasteiger partial charge in [-0.25, -0.2) is 0 Å². The summed E-state index contributed by atoms with van der Waals surface area (Å²) in [5, 5.41) is 4.64. The Kier molecular flexibility index (Phi) is 5.64. The fourth-order valence-electron chi connectivity index (χ4n) is 4.97. The van der Waals surface area contributed by atoms with Crippen LogP contribution in [0.5, 0.6) is 5.75 Å². The van der Waals surface area contributed by atoms with Crippen LogP contribution < -0.4 is 10.1 Å². The van der Waals surface area contributed by atoms with Gasteiger partial charge in [0.25, 0.3) is 5.91 Å². The molecule has 1 aromatic heterocycles. The van der Waals surface area contributed by atoms with E-state index < -0.39 is 0 Å². The number of carbonyl (C=O) groups excluding carboxylic acids is 1. The molecule has 1 amide bonds. The number of ether oxygens (including phenoxy) is 1. The van der Waals surface area contributed by atoms with Gasteiger partial charge in [-0.05, 0) is 69.5 Å². The minimum atomic E-state index is -0.111. The number of amides is 1. The molecule has 2 aliphatic heterocycles. The van der Waals surface area contributed by atoms with E-state index in [0.29, 0.717) is 23.2 Å². The number of nitrogens with one attached hydrogen (secondary N) is 2. The smallest absolute Gasteiger partial charge is 0.267 e. The van der Waals surface area contributed by atoms with Gasteiger partial charge in [0.15, 0.2) is 0 Å². The van der Waals surface area contributed by atoms with E-state index in [4.69, 9.17) is 16.3 Å². The van der Waals surface area contributed by atoms with Crippen LogP contribution in [0.2, 0.25) is 5.02 Å². The molecule has 0 radical (unpaired) electrons. The predicted molar refractivity (Wildman–Crippen MR) is 128 cm³/mol. The second-order valence-corrected chi connectivity index (χ2v) is 10.2. The van der Waals surface area contributed by atoms with Crippen molar-refractivity contribution in [1.29, 1.82) is 0 Å². The summed E-state index contributed by atoms with van der Waals surface area (Å²) in [7, 11) is 0. The number of hydrogen-bond acceptors (Lipinski definition) is 3. The summed E-state index contributed by atoms with van der Waals surface area (Å²) in [5.74, 6) is 1.52. The van der Waals surface area contributed by atoms with Gasteiger partial charge in [-0.15, -0.1) is 0 Å². The number of H-pyrrole nitrogens is 1. The molecule has 3 aromatic rings. The van der Waals surface area contributed by atoms with Crippen LogP contribution >= 0.6 is 11.6 Å². The minimum Gasteiger partial charge on any atom is -0.487 e. The van der Waals surface area contributed by atoms with Crippen molar-refractivity contribution in [3.05, 3.63) is 64.3 Å². The Morgan fingerprint density at radius 3 is 2.78 bits per heavy atom. The molecular formula is C26H30ClN3O2. The first kappa shape index (κ1) is 21.4. The molecule has 0 spiro atoms. The summed E-state index contributed by atoms with van der Waals surface area (Å²) in [5.41, 5.74) is 3.95. The number of nitrogens with zero attached hydrogens (tertiary/aromatic N) is 1. The van der Waals surface area contributed by atoms with Crippen molar-refractivity contribution in [1.82, 2.24) is 15.2 Å². The lowest BCUT2D eigenvalue weighted by atomic mass is 9.96. The first-order chi connectivity index (χ1) is 15.4. The summed E-state index contributed by atoms with van der Waals surface area (Å²) >= 11 is 6.23. The van der Waals surface area contributed by atoms with Crippen molar-refractivity contribution in [3.63, 3.8) is 0 Å². The highest BCUT2D eigenvalue weighted by atomic mass is 35.5. The molecule has 0 aliphatic carbocycles. The van der Waals surface area contributed by atoms with Gasteiger partial charge in [0.05, 0.1) is 0 Å². The third kappa shape index (κ3) is 4.37. The van der Waals surface area contributed by atoms with Crippen molar-refractivity contribution in [2.45, 2.75) is 45.3 Å². The maximum atomic E-state index is 12.6. The molecule has 2 aromatic carbocycles. The highest BCUT2D eigenvalue weighted by molar-refractivity contribution is 6.35. The Morgan fingerprint density at radius 2 is 2.00 bits per heavy atom. The van der Waals surface area contributed by atoms with Gasteiger partial charge in [-0.2, -0.15) is 0 Å². The van der Waals surface area contributed by atoms with Crippen molar-refractivity contribution in [2.24, 2.45) is 5.92 Å². The molecule has 2 N–H and O–H groups in total. The summed E-state index contributed by atoms with van der Waals surface area (Å²) < 4.78 is 6.24. The number of piperidine rings is 1. The Bertz CT molecular complexity index is 1150. The van der Waals surface area contributed by atoms with E-state index in [2.05, 4.69) is 47.2 Å². The van der Waals surface area contributed by atoms with Crippen molar-refractivity contribution < 1.29 is 9.53 Å². The van der Waals surface area contributed by atoms with Gasteiger partial charge >= 0.3 is 0 Å². The zero-order valence-corrected chi connectivity index (χ0v) is 19.5. The highest BCUT2D eigenvalue weighted by Gasteiger charge is 2.32. The molecule has 5 nitrogen and oxygen atoms in total. The first-order valence-electron chi connectivity index (χ1n) is 11.5. The summed E-state index contributed by atoms with van der Waals surface area (Å²) in [6.07, 6.45) is 3.14. The van der Waals surface area contributed by atoms with Crippen molar-refractivity contribution in [3.8, 4) is 5.75 Å². The molecule has 0 atom stereocenters. The van der Waals surface area contributed by atoms with Gasteiger partial charge < -0.3 is 15.0 Å². The van der Waals surface area contributed by atoms with E-state index >= 15 is 0 Å². The van der Waals surface area contributed by atoms with Crippen LogP contribution in [-0.2, 0) is 13.0 Å². The fourth-order valence-corrected chi connectivity index (χ4v) is 5.20. The molecule has 32 heavy (non-hydrogen) atoms. The molecule has 1 fully saturated rings. The Balaban J connectivity index is 1.13. The highest BCUT2D eigenvalue weighted by Crippen LogP contribution is 2.38. The number of likely N-dealkylation sites (tertiary alicyclic amines) is 1. The van der Waals surface area contributed by atoms with E-state index in [1.807, 2.05) is 24.3 Å². The van der Waals surface area contributed by atoms with Gasteiger partial charge in [-0.1, -0.05) is 35.9 Å². The standard InChI is InChI=1S/C26H30ClN3O2/c1-26(2)14-18-5-3-6-19(24(18)32-26)16-30-11-9-17(10-12-30)15-28-25(31)23-13-20-21(27)7-4-8-22(20)29-23/h3-8,13,17,29H,9-12,14-16H2,1-2H3,(H,28,31). The van der Waals surface area contributed by atoms with Gasteiger partial charge in [0.1, 0.15) is 17.0 Å². The number of para-hydroxylation sites is 1. The number of rotatable bonds is 5. The van der Waals surface area contributed by atoms with Crippen molar-refractivity contribution >= 4 is 28.4 Å². The lowest BCUT2D eigenvalue weighted by Gasteiger charge is -2.32. The summed E-state index contributed by atoms with van der Waals surface area (Å²) in [6.45, 7) is 8.01. The number of carbonyl (C=O) groups is 1. The average Bonchev–Trinajstić information content (AvgIpc) is 3.34. The van der Waals surface area contributed by atoms with Gasteiger partial charge in [0.2, 0.25) is 0 Å². The van der Waals surface area contributed by atoms with E-state index in [0.717, 1.165) is 55.5 Å². The van der Waals surface area contributed by atoms with E-state index in [1.165, 1.54) is 11.1 Å². The summed E-state index contributed by atoms with van der Waals surface area (Å²) in [4.78, 5) is 18.3. The SMILES string of the molecule is CC1(C)Cc2cccc(CN3CCC(CNC(=O)c4cc5c(Cl)cccc5[nH]4)CC3)c2O1. The monoisotopic (exact) mass is 451 g/mol. The van der Waals surface area contributed by atoms with E-state index in [9.17, 15) is 4.79 Å². The maximum Gasteiger partial charge on any atom is 0.267 e. The Morgan fingerprint density at radius 1 is 1.22 bits per heavy atom. The minimum absolute atomic E-state index is 0.0701. The molecule has 168 valence electrons. The van der Waals surface area contributed by atoms with Crippen LogP contribution in [0.15, 0.2) is 42.5 Å². The van der Waals surface area contributed by atoms with Gasteiger partial charge in [0, 0.05) is 41.0 Å². The molecule has 3 heterocycles. The van der Waals surface area contributed by atoms with Crippen LogP contribution in [0, 0.1) is 5.92 Å². The van der Waals surface area contributed by atoms with Gasteiger partial charge in [-0.3, -0.25) is 9.69 Å². The molecular weight excluding hydrogens is 422 g/mol. The van der Waals surface area contributed by atoms with Crippen LogP contribution in [0.25, 0.3) is 10.9 Å². The zero-order valence-electron chi connectivity index (χ0n) is 18.7. The number of fused-ring (bicyclic) bond motifs is 2. The topological polar surface area (TPSA) is 57.4 Å². The normalized spacial score (nSPS) is 18.5. The number of aromatic nitrogens is 1. The molecule has 0 saturated carbocycles. The van der Waals surface area contributed by atoms with Crippen molar-refractivity contribution in [2.75, 3.05) is 19.6 Å². The molecule has 2 aliphatic rings. The molecule has 5 rings (SSSR count). The predicted octanol–water partition coefficient (Wildman–Crippen LogP) is 5.18. The lowest BCUT2D eigenvalue weighted by molar-refractivity contribution is 0.0930. The van der Waals surface area contributed by atoms with Crippen LogP contribution in [0.3, 0.4) is 0 Å².